The summed E-state index contributed by atoms with van der Waals surface area (Å²) in [5.74, 6) is 0.712. The van der Waals surface area contributed by atoms with Crippen LogP contribution < -0.4 is 10.1 Å². The lowest BCUT2D eigenvalue weighted by Crippen LogP contribution is -2.14. The van der Waals surface area contributed by atoms with Crippen LogP contribution in [0.1, 0.15) is 19.4 Å². The summed E-state index contributed by atoms with van der Waals surface area (Å²) in [5, 5.41) is 2.93. The third kappa shape index (κ3) is 4.96. The summed E-state index contributed by atoms with van der Waals surface area (Å²) in [5.41, 5.74) is 4.05. The molecule has 3 aromatic rings. The normalized spacial score (nSPS) is 10.6. The smallest absolute Gasteiger partial charge is 0.228 e. The fraction of sp³-hybridized carbons (Fsp3) is 0.174. The number of nitrogens with one attached hydrogen (secondary N) is 1. The molecule has 1 amide bonds. The molecule has 26 heavy (non-hydrogen) atoms. The SMILES string of the molecule is CC(C)Oc1cccc(NC(=O)Cc2ccc(-c3ccccc3)cc2)c1. The third-order valence-electron chi connectivity index (χ3n) is 3.92. The van der Waals surface area contributed by atoms with Gasteiger partial charge in [0.25, 0.3) is 0 Å². The Morgan fingerprint density at radius 3 is 2.27 bits per heavy atom. The van der Waals surface area contributed by atoms with E-state index in [-0.39, 0.29) is 12.0 Å². The van der Waals surface area contributed by atoms with Gasteiger partial charge in [0.1, 0.15) is 5.75 Å². The van der Waals surface area contributed by atoms with Crippen molar-refractivity contribution in [1.82, 2.24) is 0 Å². The van der Waals surface area contributed by atoms with E-state index in [2.05, 4.69) is 29.6 Å². The summed E-state index contributed by atoms with van der Waals surface area (Å²) in [6.45, 7) is 3.95. The van der Waals surface area contributed by atoms with Gasteiger partial charge in [-0.1, -0.05) is 60.7 Å². The summed E-state index contributed by atoms with van der Waals surface area (Å²) in [4.78, 5) is 12.3. The zero-order valence-corrected chi connectivity index (χ0v) is 15.1. The van der Waals surface area contributed by atoms with Crippen LogP contribution in [-0.2, 0) is 11.2 Å². The van der Waals surface area contributed by atoms with Gasteiger partial charge in [0, 0.05) is 11.8 Å². The maximum absolute atomic E-state index is 12.3. The summed E-state index contributed by atoms with van der Waals surface area (Å²) in [7, 11) is 0. The number of anilines is 1. The average molecular weight is 345 g/mol. The van der Waals surface area contributed by atoms with Crippen molar-refractivity contribution < 1.29 is 9.53 Å². The molecular formula is C23H23NO2. The van der Waals surface area contributed by atoms with E-state index in [1.54, 1.807) is 0 Å². The predicted octanol–water partition coefficient (Wildman–Crippen LogP) is 5.32. The Kier molecular flexibility index (Phi) is 5.69. The fourth-order valence-corrected chi connectivity index (χ4v) is 2.76. The molecule has 3 aromatic carbocycles. The van der Waals surface area contributed by atoms with Gasteiger partial charge in [-0.25, -0.2) is 0 Å². The first-order valence-electron chi connectivity index (χ1n) is 8.81. The Morgan fingerprint density at radius 1 is 0.885 bits per heavy atom. The van der Waals surface area contributed by atoms with Crippen molar-refractivity contribution in [2.75, 3.05) is 5.32 Å². The zero-order chi connectivity index (χ0) is 18.4. The molecule has 0 fully saturated rings. The number of hydrogen-bond donors (Lipinski definition) is 1. The molecule has 0 radical (unpaired) electrons. The molecule has 0 aliphatic carbocycles. The lowest BCUT2D eigenvalue weighted by Gasteiger charge is -2.11. The van der Waals surface area contributed by atoms with Gasteiger partial charge < -0.3 is 10.1 Å². The number of rotatable bonds is 6. The van der Waals surface area contributed by atoms with Crippen LogP contribution in [0.4, 0.5) is 5.69 Å². The second kappa shape index (κ2) is 8.34. The zero-order valence-electron chi connectivity index (χ0n) is 15.1. The van der Waals surface area contributed by atoms with Crippen molar-refractivity contribution >= 4 is 11.6 Å². The molecule has 3 rings (SSSR count). The van der Waals surface area contributed by atoms with Crippen LogP contribution in [0.15, 0.2) is 78.9 Å². The number of ether oxygens (including phenoxy) is 1. The molecule has 3 nitrogen and oxygen atoms in total. The maximum atomic E-state index is 12.3. The van der Waals surface area contributed by atoms with Crippen LogP contribution in [0.2, 0.25) is 0 Å². The van der Waals surface area contributed by atoms with Crippen molar-refractivity contribution in [2.45, 2.75) is 26.4 Å². The first-order valence-corrected chi connectivity index (χ1v) is 8.81. The van der Waals surface area contributed by atoms with E-state index in [9.17, 15) is 4.79 Å². The van der Waals surface area contributed by atoms with Gasteiger partial charge in [0.15, 0.2) is 0 Å². The Labute approximate surface area is 154 Å². The molecule has 3 heteroatoms. The molecule has 0 saturated carbocycles. The van der Waals surface area contributed by atoms with Crippen molar-refractivity contribution in [3.05, 3.63) is 84.4 Å². The summed E-state index contributed by atoms with van der Waals surface area (Å²) in [6, 6.07) is 25.8. The monoisotopic (exact) mass is 345 g/mol. The van der Waals surface area contributed by atoms with E-state index in [1.165, 1.54) is 5.56 Å². The van der Waals surface area contributed by atoms with Gasteiger partial charge in [0.2, 0.25) is 5.91 Å². The minimum atomic E-state index is -0.0424. The second-order valence-electron chi connectivity index (χ2n) is 6.48. The molecule has 0 saturated heterocycles. The van der Waals surface area contributed by atoms with Gasteiger partial charge in [-0.3, -0.25) is 4.79 Å². The molecule has 132 valence electrons. The molecule has 0 bridgehead atoms. The average Bonchev–Trinajstić information content (AvgIpc) is 2.63. The standard InChI is InChI=1S/C23H23NO2/c1-17(2)26-22-10-6-9-21(16-22)24-23(25)15-18-11-13-20(14-12-18)19-7-4-3-5-8-19/h3-14,16-17H,15H2,1-2H3,(H,24,25). The van der Waals surface area contributed by atoms with Crippen LogP contribution in [0.25, 0.3) is 11.1 Å². The summed E-state index contributed by atoms with van der Waals surface area (Å²) in [6.07, 6.45) is 0.439. The van der Waals surface area contributed by atoms with Crippen LogP contribution >= 0.6 is 0 Å². The predicted molar refractivity (Wildman–Crippen MR) is 106 cm³/mol. The van der Waals surface area contributed by atoms with Crippen LogP contribution in [0.3, 0.4) is 0 Å². The maximum Gasteiger partial charge on any atom is 0.228 e. The lowest BCUT2D eigenvalue weighted by molar-refractivity contribution is -0.115. The number of amides is 1. The molecule has 0 aliphatic heterocycles. The first kappa shape index (κ1) is 17.7. The van der Waals surface area contributed by atoms with Gasteiger partial charge in [0.05, 0.1) is 12.5 Å². The fourth-order valence-electron chi connectivity index (χ4n) is 2.76. The summed E-state index contributed by atoms with van der Waals surface area (Å²) < 4.78 is 5.66. The lowest BCUT2D eigenvalue weighted by atomic mass is 10.0. The van der Waals surface area contributed by atoms with E-state index >= 15 is 0 Å². The van der Waals surface area contributed by atoms with E-state index in [0.29, 0.717) is 6.42 Å². The second-order valence-corrected chi connectivity index (χ2v) is 6.48. The van der Waals surface area contributed by atoms with Crippen LogP contribution in [0.5, 0.6) is 5.75 Å². The Bertz CT molecular complexity index is 855. The van der Waals surface area contributed by atoms with Crippen LogP contribution in [0, 0.1) is 0 Å². The summed E-state index contributed by atoms with van der Waals surface area (Å²) >= 11 is 0. The highest BCUT2D eigenvalue weighted by atomic mass is 16.5. The first-order chi connectivity index (χ1) is 12.6. The molecule has 0 unspecified atom stereocenters. The minimum Gasteiger partial charge on any atom is -0.491 e. The molecule has 1 N–H and O–H groups in total. The van der Waals surface area contributed by atoms with Crippen LogP contribution in [-0.4, -0.2) is 12.0 Å². The molecule has 0 atom stereocenters. The number of carbonyl (C=O) groups excluding carboxylic acids is 1. The highest BCUT2D eigenvalue weighted by Crippen LogP contribution is 2.21. The largest absolute Gasteiger partial charge is 0.491 e. The van der Waals surface area contributed by atoms with E-state index in [1.807, 2.05) is 68.4 Å². The van der Waals surface area contributed by atoms with E-state index in [0.717, 1.165) is 22.6 Å². The molecule has 0 aromatic heterocycles. The van der Waals surface area contributed by atoms with E-state index in [4.69, 9.17) is 4.74 Å². The third-order valence-corrected chi connectivity index (χ3v) is 3.92. The topological polar surface area (TPSA) is 38.3 Å². The van der Waals surface area contributed by atoms with Gasteiger partial charge in [-0.15, -0.1) is 0 Å². The van der Waals surface area contributed by atoms with Crippen molar-refractivity contribution in [3.8, 4) is 16.9 Å². The number of carbonyl (C=O) groups is 1. The van der Waals surface area contributed by atoms with Gasteiger partial charge in [-0.2, -0.15) is 0 Å². The van der Waals surface area contributed by atoms with Crippen molar-refractivity contribution in [1.29, 1.82) is 0 Å². The molecule has 0 aliphatic rings. The quantitative estimate of drug-likeness (QED) is 0.656. The Balaban J connectivity index is 1.61. The Morgan fingerprint density at radius 2 is 1.58 bits per heavy atom. The van der Waals surface area contributed by atoms with E-state index < -0.39 is 0 Å². The number of hydrogen-bond acceptors (Lipinski definition) is 2. The molecule has 0 spiro atoms. The van der Waals surface area contributed by atoms with Crippen molar-refractivity contribution in [3.63, 3.8) is 0 Å². The molecule has 0 heterocycles. The highest BCUT2D eigenvalue weighted by molar-refractivity contribution is 5.92. The van der Waals surface area contributed by atoms with Gasteiger partial charge >= 0.3 is 0 Å². The number of benzene rings is 3. The highest BCUT2D eigenvalue weighted by Gasteiger charge is 2.06. The Hall–Kier alpha value is -3.07. The van der Waals surface area contributed by atoms with Gasteiger partial charge in [-0.05, 0) is 42.7 Å². The molecular weight excluding hydrogens is 322 g/mol. The van der Waals surface area contributed by atoms with Crippen molar-refractivity contribution in [2.24, 2.45) is 0 Å². The minimum absolute atomic E-state index is 0.0424.